The van der Waals surface area contributed by atoms with Gasteiger partial charge >= 0.3 is 0 Å². The molecule has 4 rings (SSSR count). The van der Waals surface area contributed by atoms with Crippen LogP contribution in [0.15, 0.2) is 0 Å². The minimum absolute atomic E-state index is 0.351. The molecule has 5 heteroatoms. The molecule has 0 aromatic rings. The lowest BCUT2D eigenvalue weighted by molar-refractivity contribution is 0.0377. The molecule has 0 bridgehead atoms. The van der Waals surface area contributed by atoms with Crippen LogP contribution < -0.4 is 10.0 Å². The zero-order valence-corrected chi connectivity index (χ0v) is 16.7. The molecule has 26 heavy (non-hydrogen) atoms. The Bertz CT molecular complexity index is 498. The van der Waals surface area contributed by atoms with Gasteiger partial charge < -0.3 is 5.32 Å². The number of alkyl halides is 1. The van der Waals surface area contributed by atoms with Crippen molar-refractivity contribution in [1.29, 1.82) is 5.26 Å². The van der Waals surface area contributed by atoms with E-state index < -0.39 is 6.17 Å². The van der Waals surface area contributed by atoms with E-state index in [-0.39, 0.29) is 5.92 Å². The van der Waals surface area contributed by atoms with Crippen molar-refractivity contribution >= 4 is 11.9 Å². The Hall–Kier alpha value is -0.310. The maximum absolute atomic E-state index is 14.5. The van der Waals surface area contributed by atoms with Gasteiger partial charge in [0.1, 0.15) is 6.17 Å². The molecular formula is C21H34FN3S. The Morgan fingerprint density at radius 3 is 2.69 bits per heavy atom. The highest BCUT2D eigenvalue weighted by Crippen LogP contribution is 2.51. The highest BCUT2D eigenvalue weighted by atomic mass is 32.2. The van der Waals surface area contributed by atoms with E-state index in [2.05, 4.69) is 16.1 Å². The molecule has 8 atom stereocenters. The number of halogens is 1. The zero-order valence-electron chi connectivity index (χ0n) is 15.8. The van der Waals surface area contributed by atoms with Crippen molar-refractivity contribution in [2.75, 3.05) is 19.6 Å². The summed E-state index contributed by atoms with van der Waals surface area (Å²) in [6.07, 6.45) is 9.57. The van der Waals surface area contributed by atoms with Crippen LogP contribution in [0.2, 0.25) is 0 Å². The van der Waals surface area contributed by atoms with Crippen LogP contribution >= 0.6 is 11.9 Å². The van der Waals surface area contributed by atoms with Crippen molar-refractivity contribution in [1.82, 2.24) is 10.0 Å². The van der Waals surface area contributed by atoms with Crippen LogP contribution in [-0.4, -0.2) is 31.1 Å². The van der Waals surface area contributed by atoms with Gasteiger partial charge in [0.25, 0.3) is 0 Å². The Morgan fingerprint density at radius 1 is 1.08 bits per heavy atom. The number of nitrogens with zero attached hydrogens (tertiary/aromatic N) is 1. The van der Waals surface area contributed by atoms with Crippen LogP contribution in [0.4, 0.5) is 4.39 Å². The van der Waals surface area contributed by atoms with Gasteiger partial charge in [-0.05, 0) is 87.6 Å². The highest BCUT2D eigenvalue weighted by molar-refractivity contribution is 7.98. The first kappa shape index (κ1) is 19.0. The molecular weight excluding hydrogens is 345 g/mol. The van der Waals surface area contributed by atoms with Gasteiger partial charge in [-0.15, -0.1) is 0 Å². The molecule has 2 N–H and O–H groups in total. The minimum Gasteiger partial charge on any atom is -0.316 e. The second-order valence-electron chi connectivity index (χ2n) is 9.19. The molecule has 0 spiro atoms. The fourth-order valence-electron chi connectivity index (χ4n) is 6.48. The van der Waals surface area contributed by atoms with Crippen molar-refractivity contribution < 1.29 is 4.39 Å². The predicted molar refractivity (Wildman–Crippen MR) is 105 cm³/mol. The molecule has 3 nitrogen and oxygen atoms in total. The highest BCUT2D eigenvalue weighted by Gasteiger charge is 2.45. The lowest BCUT2D eigenvalue weighted by atomic mass is 9.60. The van der Waals surface area contributed by atoms with Gasteiger partial charge in [0.05, 0.1) is 12.0 Å². The lowest BCUT2D eigenvalue weighted by Crippen LogP contribution is -2.42. The second kappa shape index (κ2) is 8.80. The third kappa shape index (κ3) is 4.08. The summed E-state index contributed by atoms with van der Waals surface area (Å²) in [7, 11) is 0. The van der Waals surface area contributed by atoms with Gasteiger partial charge in [-0.2, -0.15) is 5.26 Å². The average Bonchev–Trinajstić information content (AvgIpc) is 3.35. The predicted octanol–water partition coefficient (Wildman–Crippen LogP) is 4.31. The number of nitrogens with one attached hydrogen (secondary N) is 2. The first-order chi connectivity index (χ1) is 12.8. The third-order valence-corrected chi connectivity index (χ3v) is 8.95. The summed E-state index contributed by atoms with van der Waals surface area (Å²) >= 11 is 1.97. The fraction of sp³-hybridized carbons (Fsp3) is 0.952. The summed E-state index contributed by atoms with van der Waals surface area (Å²) in [6, 6.07) is 2.20. The summed E-state index contributed by atoms with van der Waals surface area (Å²) in [5.41, 5.74) is 0. The molecule has 0 aromatic heterocycles. The molecule has 146 valence electrons. The Kier molecular flexibility index (Phi) is 6.44. The van der Waals surface area contributed by atoms with Crippen LogP contribution in [0, 0.1) is 46.8 Å². The van der Waals surface area contributed by atoms with E-state index in [1.54, 1.807) is 0 Å². The molecule has 4 aliphatic rings. The average molecular weight is 380 g/mol. The van der Waals surface area contributed by atoms with Crippen LogP contribution in [-0.2, 0) is 0 Å². The van der Waals surface area contributed by atoms with Crippen LogP contribution in [0.25, 0.3) is 0 Å². The number of rotatable bonds is 4. The van der Waals surface area contributed by atoms with E-state index in [4.69, 9.17) is 0 Å². The summed E-state index contributed by atoms with van der Waals surface area (Å²) in [6.45, 7) is 3.51. The molecule has 0 amide bonds. The SMILES string of the molecule is N#CC1CCC(C2CCCC(CC3CCNC3)C2C2CCNS2)CC1F. The molecule has 4 fully saturated rings. The largest absolute Gasteiger partial charge is 0.316 e. The maximum atomic E-state index is 14.5. The van der Waals surface area contributed by atoms with E-state index in [9.17, 15) is 9.65 Å². The summed E-state index contributed by atoms with van der Waals surface area (Å²) in [5.74, 6) is 3.26. The maximum Gasteiger partial charge on any atom is 0.116 e. The van der Waals surface area contributed by atoms with E-state index in [1.807, 2.05) is 11.9 Å². The van der Waals surface area contributed by atoms with Gasteiger partial charge in [-0.1, -0.05) is 24.8 Å². The van der Waals surface area contributed by atoms with E-state index >= 15 is 0 Å². The molecule has 0 aromatic carbocycles. The summed E-state index contributed by atoms with van der Waals surface area (Å²) in [5, 5.41) is 13.4. The minimum atomic E-state index is -0.895. The van der Waals surface area contributed by atoms with E-state index in [1.165, 1.54) is 51.6 Å². The molecule has 2 saturated carbocycles. The standard InChI is InChI=1S/C21H34FN3S/c22-19-11-15(4-5-17(19)12-23)18-3-1-2-16(10-14-6-8-24-13-14)21(18)20-7-9-25-26-20/h14-21,24-25H,1-11,13H2. The van der Waals surface area contributed by atoms with Crippen LogP contribution in [0.5, 0.6) is 0 Å². The molecule has 0 radical (unpaired) electrons. The van der Waals surface area contributed by atoms with Crippen LogP contribution in [0.3, 0.4) is 0 Å². The Balaban J connectivity index is 1.48. The van der Waals surface area contributed by atoms with Crippen molar-refractivity contribution in [3.63, 3.8) is 0 Å². The lowest BCUT2D eigenvalue weighted by Gasteiger charge is -2.47. The second-order valence-corrected chi connectivity index (χ2v) is 10.3. The van der Waals surface area contributed by atoms with Crippen molar-refractivity contribution in [2.45, 2.75) is 69.2 Å². The molecule has 2 heterocycles. The Morgan fingerprint density at radius 2 is 2.00 bits per heavy atom. The number of hydrogen-bond donors (Lipinski definition) is 2. The topological polar surface area (TPSA) is 47.9 Å². The summed E-state index contributed by atoms with van der Waals surface area (Å²) < 4.78 is 18.1. The molecule has 2 aliphatic heterocycles. The van der Waals surface area contributed by atoms with Gasteiger partial charge in [-0.25, -0.2) is 4.39 Å². The smallest absolute Gasteiger partial charge is 0.116 e. The van der Waals surface area contributed by atoms with E-state index in [0.29, 0.717) is 23.5 Å². The first-order valence-electron chi connectivity index (χ1n) is 10.9. The Labute approximate surface area is 162 Å². The normalized spacial score (nSPS) is 46.9. The number of hydrogen-bond acceptors (Lipinski definition) is 4. The van der Waals surface area contributed by atoms with Gasteiger partial charge in [0, 0.05) is 11.8 Å². The van der Waals surface area contributed by atoms with Gasteiger partial charge in [-0.3, -0.25) is 4.72 Å². The molecule has 2 aliphatic carbocycles. The van der Waals surface area contributed by atoms with Crippen LogP contribution in [0.1, 0.15) is 57.8 Å². The molecule has 2 saturated heterocycles. The van der Waals surface area contributed by atoms with Crippen molar-refractivity contribution in [2.24, 2.45) is 35.5 Å². The first-order valence-corrected chi connectivity index (χ1v) is 11.8. The molecule has 8 unspecified atom stereocenters. The van der Waals surface area contributed by atoms with Gasteiger partial charge in [0.15, 0.2) is 0 Å². The zero-order chi connectivity index (χ0) is 17.9. The quantitative estimate of drug-likeness (QED) is 0.715. The monoisotopic (exact) mass is 379 g/mol. The fourth-order valence-corrected chi connectivity index (χ4v) is 7.74. The van der Waals surface area contributed by atoms with Gasteiger partial charge in [0.2, 0.25) is 0 Å². The third-order valence-electron chi connectivity index (χ3n) is 7.73. The van der Waals surface area contributed by atoms with Crippen molar-refractivity contribution in [3.8, 4) is 6.07 Å². The summed E-state index contributed by atoms with van der Waals surface area (Å²) in [4.78, 5) is 0. The number of nitriles is 1. The van der Waals surface area contributed by atoms with Crippen molar-refractivity contribution in [3.05, 3.63) is 0 Å². The van der Waals surface area contributed by atoms with E-state index in [0.717, 1.165) is 37.1 Å².